The summed E-state index contributed by atoms with van der Waals surface area (Å²) in [5.41, 5.74) is 8.02. The van der Waals surface area contributed by atoms with Gasteiger partial charge in [0.1, 0.15) is 0 Å². The van der Waals surface area contributed by atoms with Gasteiger partial charge in [-0.2, -0.15) is 4.98 Å². The lowest BCUT2D eigenvalue weighted by atomic mass is 10.2. The molecule has 0 saturated carbocycles. The largest absolute Gasteiger partial charge is 0.397 e. The van der Waals surface area contributed by atoms with Crippen LogP contribution in [0.3, 0.4) is 0 Å². The van der Waals surface area contributed by atoms with Crippen molar-refractivity contribution in [2.75, 3.05) is 5.73 Å². The van der Waals surface area contributed by atoms with E-state index in [4.69, 9.17) is 5.73 Å². The number of hydrogen-bond acceptors (Lipinski definition) is 4. The van der Waals surface area contributed by atoms with Gasteiger partial charge in [0.15, 0.2) is 11.2 Å². The summed E-state index contributed by atoms with van der Waals surface area (Å²) in [6, 6.07) is 7.42. The molecule has 0 aliphatic rings. The van der Waals surface area contributed by atoms with Crippen molar-refractivity contribution < 1.29 is 0 Å². The molecule has 1 aromatic carbocycles. The van der Waals surface area contributed by atoms with E-state index in [1.54, 1.807) is 23.7 Å². The third kappa shape index (κ3) is 1.68. The number of fused-ring (bicyclic) bond motifs is 3. The molecule has 0 spiro atoms. The molecule has 0 atom stereocenters. The minimum atomic E-state index is -0.495. The summed E-state index contributed by atoms with van der Waals surface area (Å²) in [5, 5.41) is 0. The molecule has 23 heavy (non-hydrogen) atoms. The predicted molar refractivity (Wildman–Crippen MR) is 87.0 cm³/mol. The highest BCUT2D eigenvalue weighted by Gasteiger charge is 2.18. The van der Waals surface area contributed by atoms with Gasteiger partial charge >= 0.3 is 5.69 Å². The van der Waals surface area contributed by atoms with Crippen LogP contribution in [0.2, 0.25) is 0 Å². The second-order valence-electron chi connectivity index (χ2n) is 5.44. The smallest absolute Gasteiger partial charge is 0.329 e. The van der Waals surface area contributed by atoms with E-state index in [0.29, 0.717) is 22.6 Å². The number of anilines is 1. The van der Waals surface area contributed by atoms with E-state index >= 15 is 0 Å². The monoisotopic (exact) mass is 310 g/mol. The standard InChI is InChI=1S/C15H14N6O2/c1-8-7-20-11-12(19(2)15(23)18-13(11)22)17-14(20)21(8)10-6-4-3-5-9(10)16/h3-7H,16H2,1-2H3,(H,18,22,23). The number of benzene rings is 1. The van der Waals surface area contributed by atoms with Crippen molar-refractivity contribution >= 4 is 22.6 Å². The first-order valence-electron chi connectivity index (χ1n) is 7.03. The number of aromatic amines is 1. The van der Waals surface area contributed by atoms with Crippen molar-refractivity contribution in [3.63, 3.8) is 0 Å². The third-order valence-corrected chi connectivity index (χ3v) is 3.98. The van der Waals surface area contributed by atoms with Crippen LogP contribution in [-0.2, 0) is 7.05 Å². The minimum Gasteiger partial charge on any atom is -0.397 e. The fourth-order valence-corrected chi connectivity index (χ4v) is 2.86. The molecule has 116 valence electrons. The molecular weight excluding hydrogens is 296 g/mol. The van der Waals surface area contributed by atoms with Gasteiger partial charge in [0, 0.05) is 18.9 Å². The fourth-order valence-electron chi connectivity index (χ4n) is 2.86. The van der Waals surface area contributed by atoms with Crippen LogP contribution in [0.5, 0.6) is 0 Å². The fraction of sp³-hybridized carbons (Fsp3) is 0.133. The molecule has 4 rings (SSSR count). The van der Waals surface area contributed by atoms with Crippen LogP contribution in [-0.4, -0.2) is 23.5 Å². The van der Waals surface area contributed by atoms with Gasteiger partial charge in [-0.15, -0.1) is 0 Å². The Morgan fingerprint density at radius 1 is 1.22 bits per heavy atom. The van der Waals surface area contributed by atoms with Crippen LogP contribution in [0.25, 0.3) is 22.6 Å². The Kier molecular flexibility index (Phi) is 2.53. The Morgan fingerprint density at radius 2 is 1.96 bits per heavy atom. The van der Waals surface area contributed by atoms with Gasteiger partial charge in [-0.1, -0.05) is 12.1 Å². The van der Waals surface area contributed by atoms with Crippen molar-refractivity contribution in [1.82, 2.24) is 23.5 Å². The highest BCUT2D eigenvalue weighted by molar-refractivity contribution is 5.77. The Hall–Kier alpha value is -3.29. The molecular formula is C15H14N6O2. The van der Waals surface area contributed by atoms with Crippen LogP contribution >= 0.6 is 0 Å². The number of nitrogens with two attached hydrogens (primary N) is 1. The van der Waals surface area contributed by atoms with Gasteiger partial charge in [-0.05, 0) is 19.1 Å². The van der Waals surface area contributed by atoms with E-state index in [9.17, 15) is 9.59 Å². The second kappa shape index (κ2) is 4.35. The number of nitrogen functional groups attached to an aromatic ring is 1. The molecule has 0 aliphatic carbocycles. The number of aryl methyl sites for hydroxylation is 2. The molecule has 0 fully saturated rings. The quantitative estimate of drug-likeness (QED) is 0.501. The maximum absolute atomic E-state index is 12.2. The summed E-state index contributed by atoms with van der Waals surface area (Å²) in [6.45, 7) is 1.91. The number of para-hydroxylation sites is 2. The van der Waals surface area contributed by atoms with Gasteiger partial charge in [0.2, 0.25) is 5.78 Å². The summed E-state index contributed by atoms with van der Waals surface area (Å²) < 4.78 is 4.85. The lowest BCUT2D eigenvalue weighted by molar-refractivity contribution is 0.831. The molecule has 0 bridgehead atoms. The van der Waals surface area contributed by atoms with Crippen LogP contribution in [0, 0.1) is 6.92 Å². The van der Waals surface area contributed by atoms with Gasteiger partial charge in [0.05, 0.1) is 11.4 Å². The molecule has 0 aliphatic heterocycles. The lowest BCUT2D eigenvalue weighted by Gasteiger charge is -2.08. The molecule has 0 radical (unpaired) electrons. The third-order valence-electron chi connectivity index (χ3n) is 3.98. The van der Waals surface area contributed by atoms with Crippen molar-refractivity contribution in [3.05, 3.63) is 57.0 Å². The molecule has 8 heteroatoms. The van der Waals surface area contributed by atoms with Gasteiger partial charge in [-0.25, -0.2) is 4.79 Å². The molecule has 0 amide bonds. The zero-order chi connectivity index (χ0) is 16.3. The molecule has 3 heterocycles. The highest BCUT2D eigenvalue weighted by atomic mass is 16.2. The molecule has 8 nitrogen and oxygen atoms in total. The highest BCUT2D eigenvalue weighted by Crippen LogP contribution is 2.24. The SMILES string of the molecule is Cc1cn2c3c(=O)[nH]c(=O)n(C)c3nc2n1-c1ccccc1N. The van der Waals surface area contributed by atoms with Crippen molar-refractivity contribution in [2.45, 2.75) is 6.92 Å². The summed E-state index contributed by atoms with van der Waals surface area (Å²) in [5.74, 6) is 0.530. The summed E-state index contributed by atoms with van der Waals surface area (Å²) in [7, 11) is 1.57. The van der Waals surface area contributed by atoms with Crippen LogP contribution in [0.4, 0.5) is 5.69 Å². The van der Waals surface area contributed by atoms with Crippen LogP contribution in [0.15, 0.2) is 40.1 Å². The predicted octanol–water partition coefficient (Wildman–Crippen LogP) is 0.556. The number of nitrogens with zero attached hydrogens (tertiary/aromatic N) is 4. The minimum absolute atomic E-state index is 0.331. The summed E-state index contributed by atoms with van der Waals surface area (Å²) >= 11 is 0. The first-order valence-corrected chi connectivity index (χ1v) is 7.03. The zero-order valence-corrected chi connectivity index (χ0v) is 12.6. The molecule has 3 aromatic heterocycles. The van der Waals surface area contributed by atoms with E-state index in [2.05, 4.69) is 9.97 Å². The van der Waals surface area contributed by atoms with Crippen LogP contribution < -0.4 is 17.0 Å². The number of H-pyrrole nitrogens is 1. The molecule has 0 saturated heterocycles. The number of imidazole rings is 2. The van der Waals surface area contributed by atoms with E-state index in [0.717, 1.165) is 11.4 Å². The Bertz CT molecular complexity index is 1190. The lowest BCUT2D eigenvalue weighted by Crippen LogP contribution is -2.28. The summed E-state index contributed by atoms with van der Waals surface area (Å²) in [6.07, 6.45) is 1.80. The first-order chi connectivity index (χ1) is 11.0. The van der Waals surface area contributed by atoms with Gasteiger partial charge < -0.3 is 5.73 Å². The molecule has 3 N–H and O–H groups in total. The maximum atomic E-state index is 12.2. The maximum Gasteiger partial charge on any atom is 0.329 e. The van der Waals surface area contributed by atoms with Crippen LogP contribution in [0.1, 0.15) is 5.69 Å². The van der Waals surface area contributed by atoms with E-state index in [1.807, 2.05) is 29.7 Å². The molecule has 4 aromatic rings. The van der Waals surface area contributed by atoms with Gasteiger partial charge in [-0.3, -0.25) is 23.3 Å². The number of aromatic nitrogens is 5. The number of rotatable bonds is 1. The zero-order valence-electron chi connectivity index (χ0n) is 12.6. The average molecular weight is 310 g/mol. The number of nitrogens with one attached hydrogen (secondary N) is 1. The van der Waals surface area contributed by atoms with E-state index in [-0.39, 0.29) is 0 Å². The number of hydrogen-bond donors (Lipinski definition) is 2. The van der Waals surface area contributed by atoms with Crippen molar-refractivity contribution in [2.24, 2.45) is 7.05 Å². The van der Waals surface area contributed by atoms with Crippen molar-refractivity contribution in [1.29, 1.82) is 0 Å². The second-order valence-corrected chi connectivity index (χ2v) is 5.44. The van der Waals surface area contributed by atoms with Gasteiger partial charge in [0.25, 0.3) is 5.56 Å². The first kappa shape index (κ1) is 13.4. The summed E-state index contributed by atoms with van der Waals surface area (Å²) in [4.78, 5) is 30.7. The normalized spacial score (nSPS) is 11.6. The Labute approximate surface area is 129 Å². The molecule has 0 unspecified atom stereocenters. The Morgan fingerprint density at radius 3 is 2.70 bits per heavy atom. The average Bonchev–Trinajstić information content (AvgIpc) is 3.01. The van der Waals surface area contributed by atoms with Crippen molar-refractivity contribution in [3.8, 4) is 5.69 Å². The van der Waals surface area contributed by atoms with E-state index < -0.39 is 11.2 Å². The van der Waals surface area contributed by atoms with E-state index in [1.165, 1.54) is 4.57 Å². The Balaban J connectivity index is 2.22. The topological polar surface area (TPSA) is 103 Å².